The Bertz CT molecular complexity index is 745. The number of fused-ring (bicyclic) bond motifs is 1. The third-order valence-corrected chi connectivity index (χ3v) is 4.44. The molecule has 0 atom stereocenters. The summed E-state index contributed by atoms with van der Waals surface area (Å²) in [5.74, 6) is 0. The number of imidazole rings is 1. The third kappa shape index (κ3) is 1.55. The van der Waals surface area contributed by atoms with Gasteiger partial charge in [0.1, 0.15) is 5.65 Å². The minimum absolute atomic E-state index is 0.296. The number of aromatic nitrogens is 2. The van der Waals surface area contributed by atoms with Crippen LogP contribution in [0.25, 0.3) is 5.65 Å². The lowest BCUT2D eigenvalue weighted by atomic mass is 10.1. The second kappa shape index (κ2) is 3.32. The van der Waals surface area contributed by atoms with Gasteiger partial charge in [0, 0.05) is 11.1 Å². The highest BCUT2D eigenvalue weighted by Gasteiger charge is 2.46. The quantitative estimate of drug-likeness (QED) is 0.786. The molecule has 1 aliphatic carbocycles. The Kier molecular flexibility index (Phi) is 2.15. The molecule has 1 saturated carbocycles. The molecule has 1 aliphatic rings. The zero-order valence-electron chi connectivity index (χ0n) is 10.1. The van der Waals surface area contributed by atoms with Crippen LogP contribution in [-0.2, 0) is 15.6 Å². The summed E-state index contributed by atoms with van der Waals surface area (Å²) < 4.78 is 37.8. The molecule has 0 aromatic carbocycles. The largest absolute Gasteiger partial charge is 0.350 e. The first-order chi connectivity index (χ1) is 8.33. The minimum Gasteiger partial charge on any atom is -0.285 e. The van der Waals surface area contributed by atoms with Gasteiger partial charge in [0.25, 0.3) is 0 Å². The number of hydrogen-bond donors (Lipinski definition) is 0. The molecule has 0 spiro atoms. The van der Waals surface area contributed by atoms with Crippen LogP contribution in [-0.4, -0.2) is 17.8 Å². The Morgan fingerprint density at radius 2 is 2.06 bits per heavy atom. The normalized spacial score (nSPS) is 18.2. The summed E-state index contributed by atoms with van der Waals surface area (Å²) in [5, 5.41) is -0.296. The average Bonchev–Trinajstić information content (AvgIpc) is 2.87. The lowest BCUT2D eigenvalue weighted by Gasteiger charge is -2.06. The molecule has 0 saturated heterocycles. The Balaban J connectivity index is 2.47. The second-order valence-corrected chi connectivity index (χ2v) is 6.39. The van der Waals surface area contributed by atoms with Gasteiger partial charge in [0.2, 0.25) is 0 Å². The van der Waals surface area contributed by atoms with Crippen LogP contribution in [0.1, 0.15) is 31.2 Å². The van der Waals surface area contributed by atoms with Crippen molar-refractivity contribution in [2.45, 2.75) is 37.1 Å². The molecule has 0 bridgehead atoms. The standard InChI is InChI=1S/C12H13FN2O2S/c1-8-4-3-5-9-14-10(12(2)6-7-12)11(15(8)9)18(13,16)17/h3-5H,6-7H2,1-2H3. The van der Waals surface area contributed by atoms with Gasteiger partial charge < -0.3 is 0 Å². The van der Waals surface area contributed by atoms with Gasteiger partial charge in [-0.15, -0.1) is 0 Å². The van der Waals surface area contributed by atoms with Crippen molar-refractivity contribution in [1.29, 1.82) is 0 Å². The van der Waals surface area contributed by atoms with E-state index < -0.39 is 10.2 Å². The maximum atomic E-state index is 13.6. The molecule has 0 radical (unpaired) electrons. The van der Waals surface area contributed by atoms with Crippen molar-refractivity contribution in [2.75, 3.05) is 0 Å². The molecule has 2 aromatic heterocycles. The van der Waals surface area contributed by atoms with Crippen LogP contribution < -0.4 is 0 Å². The van der Waals surface area contributed by atoms with E-state index in [0.29, 0.717) is 17.0 Å². The van der Waals surface area contributed by atoms with E-state index in [9.17, 15) is 12.3 Å². The first kappa shape index (κ1) is 11.6. The lowest BCUT2D eigenvalue weighted by Crippen LogP contribution is -2.09. The fourth-order valence-electron chi connectivity index (χ4n) is 2.26. The molecule has 4 nitrogen and oxygen atoms in total. The number of pyridine rings is 1. The molecule has 1 fully saturated rings. The Hall–Kier alpha value is -1.43. The number of rotatable bonds is 2. The molecule has 0 aliphatic heterocycles. The molecule has 2 heterocycles. The van der Waals surface area contributed by atoms with E-state index in [1.807, 2.05) is 6.92 Å². The van der Waals surface area contributed by atoms with Crippen molar-refractivity contribution in [3.63, 3.8) is 0 Å². The first-order valence-electron chi connectivity index (χ1n) is 5.76. The van der Waals surface area contributed by atoms with Crippen molar-refractivity contribution in [2.24, 2.45) is 0 Å². The van der Waals surface area contributed by atoms with Gasteiger partial charge in [0.05, 0.1) is 5.69 Å². The van der Waals surface area contributed by atoms with Crippen molar-refractivity contribution >= 4 is 15.9 Å². The van der Waals surface area contributed by atoms with E-state index in [1.54, 1.807) is 25.1 Å². The molecule has 0 N–H and O–H groups in total. The highest BCUT2D eigenvalue weighted by Crippen LogP contribution is 2.49. The van der Waals surface area contributed by atoms with E-state index in [-0.39, 0.29) is 10.4 Å². The van der Waals surface area contributed by atoms with Crippen molar-refractivity contribution in [3.8, 4) is 0 Å². The Morgan fingerprint density at radius 3 is 2.61 bits per heavy atom. The van der Waals surface area contributed by atoms with E-state index in [1.165, 1.54) is 4.40 Å². The summed E-state index contributed by atoms with van der Waals surface area (Å²) in [6, 6.07) is 5.21. The highest BCUT2D eigenvalue weighted by atomic mass is 32.3. The van der Waals surface area contributed by atoms with Crippen LogP contribution in [0.2, 0.25) is 0 Å². The van der Waals surface area contributed by atoms with Gasteiger partial charge in [-0.25, -0.2) is 4.98 Å². The average molecular weight is 268 g/mol. The second-order valence-electron chi connectivity index (χ2n) is 5.12. The zero-order valence-corrected chi connectivity index (χ0v) is 11.0. The maximum Gasteiger partial charge on any atom is 0.350 e. The fraction of sp³-hybridized carbons (Fsp3) is 0.417. The monoisotopic (exact) mass is 268 g/mol. The van der Waals surface area contributed by atoms with E-state index >= 15 is 0 Å². The van der Waals surface area contributed by atoms with Gasteiger partial charge in [-0.05, 0) is 31.9 Å². The predicted octanol–water partition coefficient (Wildman–Crippen LogP) is 2.35. The zero-order chi connectivity index (χ0) is 13.1. The topological polar surface area (TPSA) is 51.4 Å². The summed E-state index contributed by atoms with van der Waals surface area (Å²) in [5.41, 5.74) is 1.20. The van der Waals surface area contributed by atoms with Gasteiger partial charge in [0.15, 0.2) is 5.03 Å². The Labute approximate surface area is 105 Å². The minimum atomic E-state index is -4.78. The first-order valence-corrected chi connectivity index (χ1v) is 7.14. The van der Waals surface area contributed by atoms with Crippen LogP contribution in [0.5, 0.6) is 0 Å². The molecule has 2 aromatic rings. The third-order valence-electron chi connectivity index (χ3n) is 3.60. The smallest absolute Gasteiger partial charge is 0.285 e. The maximum absolute atomic E-state index is 13.6. The van der Waals surface area contributed by atoms with Crippen molar-refractivity contribution in [3.05, 3.63) is 29.6 Å². The summed E-state index contributed by atoms with van der Waals surface area (Å²) >= 11 is 0. The summed E-state index contributed by atoms with van der Waals surface area (Å²) in [4.78, 5) is 4.32. The number of aryl methyl sites for hydroxylation is 1. The van der Waals surface area contributed by atoms with Gasteiger partial charge in [-0.1, -0.05) is 16.9 Å². The van der Waals surface area contributed by atoms with Crippen molar-refractivity contribution in [1.82, 2.24) is 9.38 Å². The molecule has 96 valence electrons. The van der Waals surface area contributed by atoms with Gasteiger partial charge in [-0.2, -0.15) is 8.42 Å². The molecular weight excluding hydrogens is 255 g/mol. The highest BCUT2D eigenvalue weighted by molar-refractivity contribution is 7.86. The number of halogens is 1. The van der Waals surface area contributed by atoms with Gasteiger partial charge in [-0.3, -0.25) is 4.40 Å². The van der Waals surface area contributed by atoms with E-state index in [0.717, 1.165) is 12.8 Å². The van der Waals surface area contributed by atoms with Crippen molar-refractivity contribution < 1.29 is 12.3 Å². The van der Waals surface area contributed by atoms with Crippen LogP contribution in [0, 0.1) is 6.92 Å². The van der Waals surface area contributed by atoms with Crippen LogP contribution in [0.3, 0.4) is 0 Å². The molecule has 18 heavy (non-hydrogen) atoms. The van der Waals surface area contributed by atoms with Gasteiger partial charge >= 0.3 is 10.2 Å². The molecule has 6 heteroatoms. The van der Waals surface area contributed by atoms with Crippen LogP contribution in [0.4, 0.5) is 3.89 Å². The van der Waals surface area contributed by atoms with Crippen LogP contribution >= 0.6 is 0 Å². The lowest BCUT2D eigenvalue weighted by molar-refractivity contribution is 0.541. The summed E-state index contributed by atoms with van der Waals surface area (Å²) in [6.07, 6.45) is 1.69. The Morgan fingerprint density at radius 1 is 1.39 bits per heavy atom. The molecule has 0 amide bonds. The molecule has 3 rings (SSSR count). The fourth-order valence-corrected chi connectivity index (χ4v) is 3.24. The number of hydrogen-bond acceptors (Lipinski definition) is 3. The summed E-state index contributed by atoms with van der Waals surface area (Å²) in [7, 11) is -4.78. The molecule has 0 unspecified atom stereocenters. The SMILES string of the molecule is Cc1cccc2nc(C3(C)CC3)c(S(=O)(=O)F)n12. The van der Waals surface area contributed by atoms with E-state index in [2.05, 4.69) is 4.98 Å². The predicted molar refractivity (Wildman–Crippen MR) is 64.8 cm³/mol. The summed E-state index contributed by atoms with van der Waals surface area (Å²) in [6.45, 7) is 3.65. The molecular formula is C12H13FN2O2S. The van der Waals surface area contributed by atoms with Crippen LogP contribution in [0.15, 0.2) is 23.2 Å². The number of nitrogens with zero attached hydrogens (tertiary/aromatic N) is 2. The van der Waals surface area contributed by atoms with E-state index in [4.69, 9.17) is 0 Å².